The van der Waals surface area contributed by atoms with Gasteiger partial charge in [0, 0.05) is 11.3 Å². The summed E-state index contributed by atoms with van der Waals surface area (Å²) >= 11 is 0. The molecule has 1 unspecified atom stereocenters. The Labute approximate surface area is 227 Å². The number of allylic oxidation sites excluding steroid dienone is 8. The molecule has 1 atom stereocenters. The Hall–Kier alpha value is -2.08. The molecule has 198 valence electrons. The molecule has 1 aromatic carbocycles. The van der Waals surface area contributed by atoms with Crippen LogP contribution in [0.3, 0.4) is 0 Å². The molecular weight excluding hydrogens is 444 g/mol. The van der Waals surface area contributed by atoms with E-state index in [-0.39, 0.29) is 21.7 Å². The summed E-state index contributed by atoms with van der Waals surface area (Å²) in [7, 11) is 0. The molecule has 0 heterocycles. The van der Waals surface area contributed by atoms with Gasteiger partial charge in [0.15, 0.2) is 0 Å². The van der Waals surface area contributed by atoms with Crippen LogP contribution >= 0.6 is 0 Å². The molecule has 0 radical (unpaired) electrons. The maximum atomic E-state index is 2.57. The lowest BCUT2D eigenvalue weighted by molar-refractivity contribution is 0.304. The van der Waals surface area contributed by atoms with Crippen molar-refractivity contribution >= 4 is 11.1 Å². The zero-order valence-electron chi connectivity index (χ0n) is 25.4. The molecule has 0 bridgehead atoms. The summed E-state index contributed by atoms with van der Waals surface area (Å²) in [5, 5.41) is 3.04. The summed E-state index contributed by atoms with van der Waals surface area (Å²) in [5.41, 5.74) is 11.8. The van der Waals surface area contributed by atoms with Crippen LogP contribution in [-0.2, 0) is 5.41 Å². The van der Waals surface area contributed by atoms with Gasteiger partial charge in [-0.15, -0.1) is 0 Å². The lowest BCUT2D eigenvalue weighted by Crippen LogP contribution is -2.36. The van der Waals surface area contributed by atoms with Gasteiger partial charge in [0.2, 0.25) is 0 Å². The first-order chi connectivity index (χ1) is 17.1. The molecule has 0 amide bonds. The van der Waals surface area contributed by atoms with Crippen LogP contribution < -0.4 is 10.4 Å². The first-order valence-corrected chi connectivity index (χ1v) is 14.8. The predicted octanol–water partition coefficient (Wildman–Crippen LogP) is 9.10. The molecule has 0 N–H and O–H groups in total. The molecule has 4 aliphatic rings. The maximum absolute atomic E-state index is 2.57. The highest BCUT2D eigenvalue weighted by Crippen LogP contribution is 2.58. The second kappa shape index (κ2) is 8.72. The van der Waals surface area contributed by atoms with Crippen molar-refractivity contribution in [3.05, 3.63) is 80.8 Å². The SMILES string of the molecule is CC1=C(C2(C3=c4ccc(C(C)(C)C)cc4=C4C=C(C(C)(C)C)C=CC43)CCCCC2)CC(C(C)(C)C)=C1. The van der Waals surface area contributed by atoms with Crippen LogP contribution in [0.2, 0.25) is 0 Å². The summed E-state index contributed by atoms with van der Waals surface area (Å²) in [5.74, 6) is 0.397. The van der Waals surface area contributed by atoms with Crippen LogP contribution in [0.1, 0.15) is 113 Å². The highest BCUT2D eigenvalue weighted by atomic mass is 14.5. The minimum atomic E-state index is 0.146. The lowest BCUT2D eigenvalue weighted by atomic mass is 9.59. The Balaban J connectivity index is 1.78. The number of fused-ring (bicyclic) bond motifs is 2. The number of hydrogen-bond acceptors (Lipinski definition) is 0. The fraction of sp³-hybridized carbons (Fsp3) is 0.568. The van der Waals surface area contributed by atoms with Crippen LogP contribution in [0.4, 0.5) is 0 Å². The maximum Gasteiger partial charge on any atom is 0.0255 e. The highest BCUT2D eigenvalue weighted by Gasteiger charge is 2.47. The van der Waals surface area contributed by atoms with Crippen LogP contribution in [0.25, 0.3) is 11.1 Å². The van der Waals surface area contributed by atoms with Crippen LogP contribution in [0.15, 0.2) is 64.8 Å². The van der Waals surface area contributed by atoms with Gasteiger partial charge < -0.3 is 0 Å². The summed E-state index contributed by atoms with van der Waals surface area (Å²) in [6, 6.07) is 7.49. The van der Waals surface area contributed by atoms with E-state index >= 15 is 0 Å². The van der Waals surface area contributed by atoms with E-state index in [9.17, 15) is 0 Å². The first-order valence-electron chi connectivity index (χ1n) is 14.8. The lowest BCUT2D eigenvalue weighted by Gasteiger charge is -2.44. The fourth-order valence-electron chi connectivity index (χ4n) is 7.43. The summed E-state index contributed by atoms with van der Waals surface area (Å²) in [6.45, 7) is 23.7. The van der Waals surface area contributed by atoms with Gasteiger partial charge in [0.25, 0.3) is 0 Å². The van der Waals surface area contributed by atoms with Crippen molar-refractivity contribution in [1.82, 2.24) is 0 Å². The van der Waals surface area contributed by atoms with E-state index in [2.05, 4.69) is 112 Å². The van der Waals surface area contributed by atoms with Gasteiger partial charge in [0.05, 0.1) is 0 Å². The standard InChI is InChI=1S/C37H50/c1-24-20-27(36(8,9)10)23-32(24)37(18-12-11-13-19-37)33-28-16-14-25(34(2,3)4)21-30(28)31-22-26(35(5,6)7)15-17-29(31)33/h14-17,20-22,28H,11-13,18-19,23H2,1-10H3. The van der Waals surface area contributed by atoms with Crippen molar-refractivity contribution in [2.45, 2.75) is 113 Å². The van der Waals surface area contributed by atoms with Gasteiger partial charge in [-0.2, -0.15) is 0 Å². The largest absolute Gasteiger partial charge is 0.0726 e. The predicted molar refractivity (Wildman–Crippen MR) is 162 cm³/mol. The molecule has 0 aromatic heterocycles. The van der Waals surface area contributed by atoms with E-state index in [1.807, 2.05) is 0 Å². The normalized spacial score (nSPS) is 23.8. The van der Waals surface area contributed by atoms with E-state index in [1.54, 1.807) is 27.9 Å². The zero-order valence-corrected chi connectivity index (χ0v) is 25.4. The van der Waals surface area contributed by atoms with Gasteiger partial charge in [-0.1, -0.05) is 141 Å². The third kappa shape index (κ3) is 4.47. The second-order valence-corrected chi connectivity index (χ2v) is 15.5. The number of hydrogen-bond donors (Lipinski definition) is 0. The van der Waals surface area contributed by atoms with Gasteiger partial charge in [-0.05, 0) is 75.2 Å². The molecular formula is C37H50. The number of benzene rings is 1. The van der Waals surface area contributed by atoms with Gasteiger partial charge in [-0.3, -0.25) is 0 Å². The van der Waals surface area contributed by atoms with Crippen LogP contribution in [0.5, 0.6) is 0 Å². The van der Waals surface area contributed by atoms with E-state index in [4.69, 9.17) is 0 Å². The van der Waals surface area contributed by atoms with Crippen molar-refractivity contribution in [3.8, 4) is 0 Å². The summed E-state index contributed by atoms with van der Waals surface area (Å²) in [4.78, 5) is 0. The van der Waals surface area contributed by atoms with E-state index in [0.29, 0.717) is 5.92 Å². The van der Waals surface area contributed by atoms with E-state index in [0.717, 1.165) is 6.42 Å². The second-order valence-electron chi connectivity index (χ2n) is 15.5. The minimum absolute atomic E-state index is 0.146. The third-order valence-electron chi connectivity index (χ3n) is 9.78. The molecule has 37 heavy (non-hydrogen) atoms. The van der Waals surface area contributed by atoms with Crippen LogP contribution in [-0.4, -0.2) is 0 Å². The first kappa shape index (κ1) is 26.5. The summed E-state index contributed by atoms with van der Waals surface area (Å²) in [6.07, 6.45) is 18.0. The minimum Gasteiger partial charge on any atom is -0.0726 e. The Morgan fingerprint density at radius 2 is 1.43 bits per heavy atom. The average molecular weight is 495 g/mol. The Morgan fingerprint density at radius 1 is 0.757 bits per heavy atom. The molecule has 4 aliphatic carbocycles. The van der Waals surface area contributed by atoms with Crippen molar-refractivity contribution < 1.29 is 0 Å². The summed E-state index contributed by atoms with van der Waals surface area (Å²) < 4.78 is 0. The number of rotatable bonds is 2. The van der Waals surface area contributed by atoms with Gasteiger partial charge >= 0.3 is 0 Å². The van der Waals surface area contributed by atoms with E-state index < -0.39 is 0 Å². The van der Waals surface area contributed by atoms with Crippen molar-refractivity contribution in [2.75, 3.05) is 0 Å². The van der Waals surface area contributed by atoms with Crippen molar-refractivity contribution in [2.24, 2.45) is 22.2 Å². The molecule has 1 aromatic rings. The zero-order chi connectivity index (χ0) is 27.0. The molecule has 0 aliphatic heterocycles. The molecule has 0 nitrogen and oxygen atoms in total. The monoisotopic (exact) mass is 494 g/mol. The molecule has 0 heteroatoms. The smallest absolute Gasteiger partial charge is 0.0255 e. The van der Waals surface area contributed by atoms with Gasteiger partial charge in [0.1, 0.15) is 0 Å². The van der Waals surface area contributed by atoms with Crippen molar-refractivity contribution in [3.63, 3.8) is 0 Å². The molecule has 0 saturated heterocycles. The quantitative estimate of drug-likeness (QED) is 0.384. The molecule has 5 rings (SSSR count). The topological polar surface area (TPSA) is 0 Å². The van der Waals surface area contributed by atoms with Crippen molar-refractivity contribution in [1.29, 1.82) is 0 Å². The Morgan fingerprint density at radius 3 is 2.00 bits per heavy atom. The average Bonchev–Trinajstić information content (AvgIpc) is 3.36. The molecule has 1 saturated carbocycles. The Kier molecular flexibility index (Phi) is 6.25. The van der Waals surface area contributed by atoms with Gasteiger partial charge in [-0.25, -0.2) is 0 Å². The van der Waals surface area contributed by atoms with E-state index in [1.165, 1.54) is 53.7 Å². The Bertz CT molecular complexity index is 1350. The fourth-order valence-corrected chi connectivity index (χ4v) is 7.43. The van der Waals surface area contributed by atoms with Crippen LogP contribution in [0, 0.1) is 22.2 Å². The highest BCUT2D eigenvalue weighted by molar-refractivity contribution is 5.85. The molecule has 1 fully saturated rings. The third-order valence-corrected chi connectivity index (χ3v) is 9.78. The molecule has 0 spiro atoms.